The van der Waals surface area contributed by atoms with Gasteiger partial charge in [0, 0.05) is 11.6 Å². The van der Waals surface area contributed by atoms with Crippen LogP contribution in [0.15, 0.2) is 17.1 Å². The molecule has 0 radical (unpaired) electrons. The summed E-state index contributed by atoms with van der Waals surface area (Å²) >= 11 is 12.2. The van der Waals surface area contributed by atoms with E-state index in [0.717, 1.165) is 5.56 Å². The maximum absolute atomic E-state index is 6.12. The minimum absolute atomic E-state index is 0.451. The summed E-state index contributed by atoms with van der Waals surface area (Å²) in [7, 11) is 0. The van der Waals surface area contributed by atoms with Gasteiger partial charge in [0.15, 0.2) is 0 Å². The molecule has 100 valence electrons. The third-order valence-corrected chi connectivity index (χ3v) is 2.97. The second-order valence-corrected chi connectivity index (χ2v) is 5.25. The third kappa shape index (κ3) is 4.37. The normalized spacial score (nSPS) is 11.8. The predicted molar refractivity (Wildman–Crippen MR) is 79.3 cm³/mol. The van der Waals surface area contributed by atoms with E-state index < -0.39 is 0 Å². The average Bonchev–Trinajstić information content (AvgIpc) is 2.30. The van der Waals surface area contributed by atoms with Gasteiger partial charge in [-0.25, -0.2) is 5.84 Å². The van der Waals surface area contributed by atoms with Crippen molar-refractivity contribution in [3.05, 3.63) is 27.7 Å². The van der Waals surface area contributed by atoms with E-state index in [1.165, 1.54) is 0 Å². The van der Waals surface area contributed by atoms with Crippen molar-refractivity contribution < 1.29 is 0 Å². The molecule has 0 aliphatic heterocycles. The quantitative estimate of drug-likeness (QED) is 0.346. The minimum Gasteiger partial charge on any atom is -0.324 e. The molecule has 1 aromatic rings. The highest BCUT2D eigenvalue weighted by Gasteiger charge is 2.06. The molecule has 0 aliphatic rings. The van der Waals surface area contributed by atoms with Crippen molar-refractivity contribution in [2.24, 2.45) is 16.8 Å². The van der Waals surface area contributed by atoms with Crippen molar-refractivity contribution in [2.45, 2.75) is 20.8 Å². The Bertz CT molecular complexity index is 444. The van der Waals surface area contributed by atoms with Gasteiger partial charge >= 0.3 is 0 Å². The molecular formula is C12H18Cl2N4. The summed E-state index contributed by atoms with van der Waals surface area (Å²) in [6.07, 6.45) is 0. The van der Waals surface area contributed by atoms with Crippen molar-refractivity contribution >= 4 is 34.8 Å². The summed E-state index contributed by atoms with van der Waals surface area (Å²) in [6, 6.07) is 3.55. The molecule has 0 amide bonds. The number of hydrogen-bond acceptors (Lipinski definition) is 2. The zero-order chi connectivity index (χ0) is 13.7. The Hall–Kier alpha value is -0.970. The Morgan fingerprint density at radius 3 is 2.56 bits per heavy atom. The summed E-state index contributed by atoms with van der Waals surface area (Å²) < 4.78 is 0. The molecule has 0 saturated heterocycles. The monoisotopic (exact) mass is 288 g/mol. The zero-order valence-electron chi connectivity index (χ0n) is 10.7. The Morgan fingerprint density at radius 2 is 2.00 bits per heavy atom. The molecule has 0 spiro atoms. The first-order valence-electron chi connectivity index (χ1n) is 5.67. The van der Waals surface area contributed by atoms with Crippen molar-refractivity contribution in [1.29, 1.82) is 0 Å². The first kappa shape index (κ1) is 15.1. The van der Waals surface area contributed by atoms with Gasteiger partial charge in [-0.3, -0.25) is 10.4 Å². The van der Waals surface area contributed by atoms with Crippen molar-refractivity contribution in [3.8, 4) is 0 Å². The van der Waals surface area contributed by atoms with Crippen LogP contribution in [0.1, 0.15) is 19.4 Å². The van der Waals surface area contributed by atoms with Gasteiger partial charge in [-0.1, -0.05) is 37.0 Å². The Balaban J connectivity index is 2.88. The molecule has 0 aliphatic carbocycles. The molecule has 4 nitrogen and oxygen atoms in total. The molecule has 0 heterocycles. The number of aliphatic imine (C=N–C) groups is 1. The van der Waals surface area contributed by atoms with Crippen LogP contribution in [0.5, 0.6) is 0 Å². The van der Waals surface area contributed by atoms with Gasteiger partial charge in [0.05, 0.1) is 10.7 Å². The fourth-order valence-electron chi connectivity index (χ4n) is 1.26. The summed E-state index contributed by atoms with van der Waals surface area (Å²) in [4.78, 5) is 4.30. The van der Waals surface area contributed by atoms with Gasteiger partial charge in [0.25, 0.3) is 0 Å². The lowest BCUT2D eigenvalue weighted by Gasteiger charge is -2.12. The second kappa shape index (κ2) is 6.83. The SMILES string of the molecule is Cc1cc(Cl)c(NC(=NCC(C)C)NN)cc1Cl. The molecule has 0 bridgehead atoms. The topological polar surface area (TPSA) is 62.4 Å². The molecule has 0 fully saturated rings. The van der Waals surface area contributed by atoms with Crippen molar-refractivity contribution in [3.63, 3.8) is 0 Å². The lowest BCUT2D eigenvalue weighted by molar-refractivity contribution is 0.663. The van der Waals surface area contributed by atoms with Gasteiger partial charge in [-0.05, 0) is 30.5 Å². The minimum atomic E-state index is 0.451. The van der Waals surface area contributed by atoms with Crippen LogP contribution in [0.25, 0.3) is 0 Å². The number of anilines is 1. The largest absolute Gasteiger partial charge is 0.324 e. The molecule has 0 aromatic heterocycles. The fraction of sp³-hybridized carbons (Fsp3) is 0.417. The molecular weight excluding hydrogens is 271 g/mol. The van der Waals surface area contributed by atoms with Gasteiger partial charge < -0.3 is 5.32 Å². The average molecular weight is 289 g/mol. The highest BCUT2D eigenvalue weighted by atomic mass is 35.5. The zero-order valence-corrected chi connectivity index (χ0v) is 12.2. The van der Waals surface area contributed by atoms with Crippen LogP contribution in [0.3, 0.4) is 0 Å². The van der Waals surface area contributed by atoms with E-state index in [-0.39, 0.29) is 0 Å². The molecule has 0 saturated carbocycles. The van der Waals surface area contributed by atoms with Crippen LogP contribution in [0, 0.1) is 12.8 Å². The number of nitrogens with two attached hydrogens (primary N) is 1. The standard InChI is InChI=1S/C12H18Cl2N4/c1-7(2)6-16-12(18-15)17-11-5-9(13)8(3)4-10(11)14/h4-5,7H,6,15H2,1-3H3,(H2,16,17,18). The fourth-order valence-corrected chi connectivity index (χ4v) is 1.69. The smallest absolute Gasteiger partial charge is 0.210 e. The highest BCUT2D eigenvalue weighted by Crippen LogP contribution is 2.28. The van der Waals surface area contributed by atoms with Crippen LogP contribution in [-0.2, 0) is 0 Å². The number of hydrogen-bond donors (Lipinski definition) is 3. The summed E-state index contributed by atoms with van der Waals surface area (Å²) in [5.41, 5.74) is 4.10. The number of halogens is 2. The predicted octanol–water partition coefficient (Wildman–Crippen LogP) is 3.19. The Morgan fingerprint density at radius 1 is 1.33 bits per heavy atom. The molecule has 4 N–H and O–H groups in total. The lowest BCUT2D eigenvalue weighted by atomic mass is 10.2. The van der Waals surface area contributed by atoms with E-state index in [1.54, 1.807) is 12.1 Å². The van der Waals surface area contributed by atoms with Gasteiger partial charge in [-0.2, -0.15) is 0 Å². The Labute approximate surface area is 118 Å². The van der Waals surface area contributed by atoms with Gasteiger partial charge in [0.2, 0.25) is 5.96 Å². The first-order chi connectivity index (χ1) is 8.43. The van der Waals surface area contributed by atoms with E-state index >= 15 is 0 Å². The van der Waals surface area contributed by atoms with Gasteiger partial charge in [0.1, 0.15) is 0 Å². The number of aryl methyl sites for hydroxylation is 1. The molecule has 1 rings (SSSR count). The lowest BCUT2D eigenvalue weighted by Crippen LogP contribution is -2.36. The van der Waals surface area contributed by atoms with Crippen LogP contribution >= 0.6 is 23.2 Å². The molecule has 6 heteroatoms. The maximum atomic E-state index is 6.12. The van der Waals surface area contributed by atoms with Crippen LogP contribution in [0.2, 0.25) is 10.0 Å². The van der Waals surface area contributed by atoms with Crippen LogP contribution < -0.4 is 16.6 Å². The first-order valence-corrected chi connectivity index (χ1v) is 6.43. The van der Waals surface area contributed by atoms with Gasteiger partial charge in [-0.15, -0.1) is 0 Å². The van der Waals surface area contributed by atoms with E-state index in [1.807, 2.05) is 6.92 Å². The second-order valence-electron chi connectivity index (χ2n) is 4.43. The van der Waals surface area contributed by atoms with Crippen LogP contribution in [0.4, 0.5) is 5.69 Å². The van der Waals surface area contributed by atoms with Crippen molar-refractivity contribution in [1.82, 2.24) is 5.43 Å². The summed E-state index contributed by atoms with van der Waals surface area (Å²) in [6.45, 7) is 6.72. The number of benzene rings is 1. The molecule has 1 aromatic carbocycles. The van der Waals surface area contributed by atoms with E-state index in [0.29, 0.717) is 34.2 Å². The Kier molecular flexibility index (Phi) is 5.72. The molecule has 18 heavy (non-hydrogen) atoms. The maximum Gasteiger partial charge on any atom is 0.210 e. The highest BCUT2D eigenvalue weighted by molar-refractivity contribution is 6.36. The molecule has 0 unspecified atom stereocenters. The van der Waals surface area contributed by atoms with E-state index in [9.17, 15) is 0 Å². The summed E-state index contributed by atoms with van der Waals surface area (Å²) in [5, 5.41) is 4.23. The molecule has 0 atom stereocenters. The number of hydrazine groups is 1. The van der Waals surface area contributed by atoms with E-state index in [2.05, 4.69) is 29.6 Å². The number of nitrogens with one attached hydrogen (secondary N) is 2. The number of nitrogens with zero attached hydrogens (tertiary/aromatic N) is 1. The van der Waals surface area contributed by atoms with E-state index in [4.69, 9.17) is 29.0 Å². The summed E-state index contributed by atoms with van der Waals surface area (Å²) in [5.74, 6) is 6.32. The number of guanidine groups is 1. The number of rotatable bonds is 3. The van der Waals surface area contributed by atoms with Crippen molar-refractivity contribution in [2.75, 3.05) is 11.9 Å². The van der Waals surface area contributed by atoms with Crippen LogP contribution in [-0.4, -0.2) is 12.5 Å². The third-order valence-electron chi connectivity index (χ3n) is 2.25.